The third-order valence-electron chi connectivity index (χ3n) is 3.00. The van der Waals surface area contributed by atoms with Gasteiger partial charge in [-0.25, -0.2) is 4.79 Å². The molecule has 0 bridgehead atoms. The van der Waals surface area contributed by atoms with E-state index >= 15 is 0 Å². The molecule has 23 heavy (non-hydrogen) atoms. The van der Waals surface area contributed by atoms with Gasteiger partial charge in [0.25, 0.3) is 0 Å². The second-order valence-corrected chi connectivity index (χ2v) is 7.40. The number of benzene rings is 1. The molecule has 1 aromatic carbocycles. The minimum Gasteiger partial charge on any atom is -0.549 e. The number of carbonyl (C=O) groups is 2. The lowest BCUT2D eigenvalue weighted by atomic mass is 10.1. The predicted octanol–water partition coefficient (Wildman–Crippen LogP) is 2.03. The Kier molecular flexibility index (Phi) is 5.56. The van der Waals surface area contributed by atoms with Gasteiger partial charge >= 0.3 is 6.03 Å². The van der Waals surface area contributed by atoms with Gasteiger partial charge in [-0.3, -0.25) is 5.32 Å². The summed E-state index contributed by atoms with van der Waals surface area (Å²) < 4.78 is 0.447. The summed E-state index contributed by atoms with van der Waals surface area (Å²) in [6, 6.07) is 5.17. The largest absolute Gasteiger partial charge is 0.549 e. The lowest BCUT2D eigenvalue weighted by Gasteiger charge is -2.08. The van der Waals surface area contributed by atoms with Gasteiger partial charge in [0.2, 0.25) is 5.13 Å². The van der Waals surface area contributed by atoms with Crippen molar-refractivity contribution in [2.24, 2.45) is 0 Å². The van der Waals surface area contributed by atoms with E-state index in [1.165, 1.54) is 6.92 Å². The molecule has 1 atom stereocenters. The normalized spacial score (nSPS) is 11.8. The molecule has 2 N–H and O–H groups in total. The average Bonchev–Trinajstić information content (AvgIpc) is 2.89. The van der Waals surface area contributed by atoms with E-state index in [-0.39, 0.29) is 0 Å². The van der Waals surface area contributed by atoms with Crippen molar-refractivity contribution in [1.29, 1.82) is 0 Å². The quantitative estimate of drug-likeness (QED) is 0.630. The van der Waals surface area contributed by atoms with Crippen LogP contribution in [0.2, 0.25) is 0 Å². The summed E-state index contributed by atoms with van der Waals surface area (Å²) in [5.41, 5.74) is 2.90. The van der Waals surface area contributed by atoms with Gasteiger partial charge in [-0.15, -0.1) is 10.2 Å². The van der Waals surface area contributed by atoms with Crippen molar-refractivity contribution in [3.05, 3.63) is 29.3 Å². The fraction of sp³-hybridized carbons (Fsp3) is 0.286. The third kappa shape index (κ3) is 4.93. The molecular weight excluding hydrogens is 336 g/mol. The fourth-order valence-electron chi connectivity index (χ4n) is 1.59. The first-order valence-corrected chi connectivity index (χ1v) is 8.41. The minimum atomic E-state index is -1.17. The Bertz CT molecular complexity index is 733. The van der Waals surface area contributed by atoms with Crippen LogP contribution in [0.1, 0.15) is 18.1 Å². The van der Waals surface area contributed by atoms with Gasteiger partial charge in [0, 0.05) is 10.9 Å². The van der Waals surface area contributed by atoms with E-state index < -0.39 is 17.3 Å². The molecule has 0 fully saturated rings. The van der Waals surface area contributed by atoms with Gasteiger partial charge < -0.3 is 15.2 Å². The van der Waals surface area contributed by atoms with Crippen molar-refractivity contribution in [1.82, 2.24) is 10.2 Å². The smallest absolute Gasteiger partial charge is 0.325 e. The number of nitrogens with zero attached hydrogens (tertiary/aromatic N) is 2. The molecule has 0 aliphatic rings. The van der Waals surface area contributed by atoms with Crippen molar-refractivity contribution < 1.29 is 14.7 Å². The minimum absolute atomic E-state index is 0.291. The lowest BCUT2D eigenvalue weighted by Crippen LogP contribution is -2.31. The van der Waals surface area contributed by atoms with E-state index in [1.807, 2.05) is 32.0 Å². The molecule has 0 unspecified atom stereocenters. The Balaban J connectivity index is 1.94. The second-order valence-electron chi connectivity index (χ2n) is 4.83. The van der Waals surface area contributed by atoms with Gasteiger partial charge in [-0.05, 0) is 44.0 Å². The molecule has 2 rings (SSSR count). The summed E-state index contributed by atoms with van der Waals surface area (Å²) in [4.78, 5) is 22.6. The van der Waals surface area contributed by atoms with Gasteiger partial charge in [0.1, 0.15) is 0 Å². The second kappa shape index (κ2) is 7.42. The molecule has 2 amide bonds. The van der Waals surface area contributed by atoms with Crippen LogP contribution in [0.5, 0.6) is 0 Å². The first-order chi connectivity index (χ1) is 10.8. The van der Waals surface area contributed by atoms with Crippen molar-refractivity contribution in [2.45, 2.75) is 30.4 Å². The number of urea groups is 1. The monoisotopic (exact) mass is 351 g/mol. The van der Waals surface area contributed by atoms with E-state index in [0.717, 1.165) is 34.2 Å². The fourth-order valence-corrected chi connectivity index (χ4v) is 3.41. The Morgan fingerprint density at radius 2 is 1.96 bits per heavy atom. The number of aliphatic carboxylic acids is 1. The van der Waals surface area contributed by atoms with Crippen LogP contribution < -0.4 is 15.7 Å². The van der Waals surface area contributed by atoms with Crippen LogP contribution in [-0.2, 0) is 4.79 Å². The van der Waals surface area contributed by atoms with Gasteiger partial charge in [-0.2, -0.15) is 0 Å². The molecule has 7 nitrogen and oxygen atoms in total. The van der Waals surface area contributed by atoms with Crippen molar-refractivity contribution >= 4 is 45.9 Å². The van der Waals surface area contributed by atoms with Crippen LogP contribution in [0.3, 0.4) is 0 Å². The van der Waals surface area contributed by atoms with Crippen LogP contribution in [-0.4, -0.2) is 27.4 Å². The maximum Gasteiger partial charge on any atom is 0.325 e. The average molecular weight is 351 g/mol. The van der Waals surface area contributed by atoms with Crippen LogP contribution >= 0.6 is 23.1 Å². The Morgan fingerprint density at radius 3 is 2.61 bits per heavy atom. The number of thioether (sulfide) groups is 1. The number of anilines is 2. The zero-order chi connectivity index (χ0) is 17.0. The molecule has 1 heterocycles. The van der Waals surface area contributed by atoms with Crippen molar-refractivity contribution in [3.8, 4) is 0 Å². The maximum absolute atomic E-state index is 11.9. The first-order valence-electron chi connectivity index (χ1n) is 6.71. The van der Waals surface area contributed by atoms with Crippen LogP contribution in [0.4, 0.5) is 15.6 Å². The summed E-state index contributed by atoms with van der Waals surface area (Å²) in [5, 5.41) is 23.1. The van der Waals surface area contributed by atoms with Crippen molar-refractivity contribution in [2.75, 3.05) is 10.6 Å². The highest BCUT2D eigenvalue weighted by molar-refractivity contribution is 8.02. The zero-order valence-corrected chi connectivity index (χ0v) is 14.4. The third-order valence-corrected chi connectivity index (χ3v) is 5.00. The van der Waals surface area contributed by atoms with E-state index in [1.54, 1.807) is 0 Å². The summed E-state index contributed by atoms with van der Waals surface area (Å²) in [6.07, 6.45) is 0. The van der Waals surface area contributed by atoms with E-state index in [0.29, 0.717) is 15.2 Å². The number of carbonyl (C=O) groups excluding carboxylic acids is 2. The predicted molar refractivity (Wildman–Crippen MR) is 88.8 cm³/mol. The molecule has 0 spiro atoms. The van der Waals surface area contributed by atoms with Crippen LogP contribution in [0, 0.1) is 13.8 Å². The molecule has 1 aromatic heterocycles. The summed E-state index contributed by atoms with van der Waals surface area (Å²) in [5.74, 6) is -1.17. The summed E-state index contributed by atoms with van der Waals surface area (Å²) in [6.45, 7) is 5.46. The molecule has 2 aromatic rings. The Morgan fingerprint density at radius 1 is 1.22 bits per heavy atom. The SMILES string of the molecule is Cc1ccc(NC(=O)Nc2nnc(S[C@H](C)C(=O)[O-])s2)cc1C. The lowest BCUT2D eigenvalue weighted by molar-refractivity contribution is -0.304. The standard InChI is InChI=1S/C14H16N4O3S2/c1-7-4-5-10(6-8(7)2)15-12(21)16-13-17-18-14(23-13)22-9(3)11(19)20/h4-6,9H,1-3H3,(H,19,20)(H2,15,16,17,21)/p-1/t9-/m1/s1. The number of aromatic nitrogens is 2. The molecule has 0 saturated heterocycles. The van der Waals surface area contributed by atoms with Gasteiger partial charge in [0.15, 0.2) is 4.34 Å². The highest BCUT2D eigenvalue weighted by atomic mass is 32.2. The zero-order valence-electron chi connectivity index (χ0n) is 12.7. The topological polar surface area (TPSA) is 107 Å². The number of carboxylic acid groups (broad SMARTS) is 1. The molecule has 0 radical (unpaired) electrons. The molecule has 9 heteroatoms. The molecule has 0 saturated carbocycles. The first kappa shape index (κ1) is 17.2. The Labute approximate surface area is 141 Å². The van der Waals surface area contributed by atoms with E-state index in [4.69, 9.17) is 0 Å². The van der Waals surface area contributed by atoms with Crippen molar-refractivity contribution in [3.63, 3.8) is 0 Å². The van der Waals surface area contributed by atoms with Gasteiger partial charge in [0.05, 0.1) is 5.97 Å². The molecule has 0 aliphatic heterocycles. The number of hydrogen-bond donors (Lipinski definition) is 2. The van der Waals surface area contributed by atoms with Crippen LogP contribution in [0.15, 0.2) is 22.5 Å². The highest BCUT2D eigenvalue weighted by Gasteiger charge is 2.12. The maximum atomic E-state index is 11.9. The number of amides is 2. The molecular formula is C14H15N4O3S2-. The number of rotatable bonds is 5. The summed E-state index contributed by atoms with van der Waals surface area (Å²) in [7, 11) is 0. The Hall–Kier alpha value is -2.13. The molecule has 122 valence electrons. The summed E-state index contributed by atoms with van der Waals surface area (Å²) >= 11 is 2.12. The van der Waals surface area contributed by atoms with Gasteiger partial charge in [-0.1, -0.05) is 29.2 Å². The number of hydrogen-bond acceptors (Lipinski definition) is 7. The van der Waals surface area contributed by atoms with E-state index in [9.17, 15) is 14.7 Å². The number of nitrogens with one attached hydrogen (secondary N) is 2. The number of carboxylic acids is 1. The van der Waals surface area contributed by atoms with E-state index in [2.05, 4.69) is 20.8 Å². The molecule has 0 aliphatic carbocycles. The van der Waals surface area contributed by atoms with Crippen LogP contribution in [0.25, 0.3) is 0 Å². The highest BCUT2D eigenvalue weighted by Crippen LogP contribution is 2.28. The number of aryl methyl sites for hydroxylation is 2.